The number of hydrogen-bond donors (Lipinski definition) is 0. The number of allylic oxidation sites excluding steroid dienone is 2. The minimum atomic E-state index is -0.494. The van der Waals surface area contributed by atoms with Gasteiger partial charge in [-0.3, -0.25) is 14.9 Å². The van der Waals surface area contributed by atoms with Crippen LogP contribution in [0, 0.1) is 33.3 Å². The topological polar surface area (TPSA) is 78.7 Å². The van der Waals surface area contributed by atoms with Gasteiger partial charge in [-0.05, 0) is 30.9 Å². The molecule has 6 heteroatoms. The van der Waals surface area contributed by atoms with E-state index < -0.39 is 5.41 Å². The monoisotopic (exact) mass is 369 g/mol. The summed E-state index contributed by atoms with van der Waals surface area (Å²) in [5.41, 5.74) is 1.09. The summed E-state index contributed by atoms with van der Waals surface area (Å²) < 4.78 is 11.1. The third-order valence-corrected chi connectivity index (χ3v) is 6.49. The number of rotatable bonds is 6. The predicted octanol–water partition coefficient (Wildman–Crippen LogP) is 3.77. The highest BCUT2D eigenvalue weighted by molar-refractivity contribution is 5.79. The summed E-state index contributed by atoms with van der Waals surface area (Å²) in [5, 5.41) is 11.6. The molecular weight excluding hydrogens is 346 g/mol. The molecule has 0 spiro atoms. The number of carbonyl (C=O) groups is 1. The number of para-hydroxylation sites is 1. The van der Waals surface area contributed by atoms with Gasteiger partial charge in [0.15, 0.2) is 0 Å². The quantitative estimate of drug-likeness (QED) is 0.330. The van der Waals surface area contributed by atoms with Crippen LogP contribution in [-0.2, 0) is 14.3 Å². The van der Waals surface area contributed by atoms with Crippen LogP contribution in [0.3, 0.4) is 0 Å². The molecule has 4 rings (SSSR count). The number of ether oxygens (including phenoxy) is 2. The zero-order valence-corrected chi connectivity index (χ0v) is 15.3. The number of esters is 1. The third-order valence-electron chi connectivity index (χ3n) is 6.49. The molecule has 1 aliphatic heterocycles. The number of fused-ring (bicyclic) bond motifs is 5. The fourth-order valence-corrected chi connectivity index (χ4v) is 5.39. The van der Waals surface area contributed by atoms with Crippen molar-refractivity contribution in [3.8, 4) is 0 Å². The van der Waals surface area contributed by atoms with Crippen LogP contribution in [0.25, 0.3) is 5.57 Å². The van der Waals surface area contributed by atoms with Crippen molar-refractivity contribution < 1.29 is 19.2 Å². The van der Waals surface area contributed by atoms with Gasteiger partial charge in [0.1, 0.15) is 0 Å². The Hall–Kier alpha value is -2.47. The fourth-order valence-electron chi connectivity index (χ4n) is 5.39. The summed E-state index contributed by atoms with van der Waals surface area (Å²) in [4.78, 5) is 23.6. The molecule has 3 aliphatic rings. The third kappa shape index (κ3) is 2.54. The predicted molar refractivity (Wildman–Crippen MR) is 99.8 cm³/mol. The van der Waals surface area contributed by atoms with E-state index in [2.05, 4.69) is 12.7 Å². The van der Waals surface area contributed by atoms with E-state index >= 15 is 0 Å². The number of hydrogen-bond acceptors (Lipinski definition) is 5. The first-order chi connectivity index (χ1) is 13.0. The first-order valence-electron chi connectivity index (χ1n) is 9.38. The van der Waals surface area contributed by atoms with E-state index in [0.717, 1.165) is 12.0 Å². The fraction of sp³-hybridized carbons (Fsp3) is 0.476. The standard InChI is InChI=1S/C21H23NO5/c1-3-21(11-18(23)26-4-2)16-10-9-14(19(21)20-15(16)12-27-20)13-7-5-6-8-17(13)22(24)25/h3,5-9,15-16,19-20H,1,4,10-12H2,2H3/t15-,16+,19-,20-,21-/m0/s1. The van der Waals surface area contributed by atoms with Crippen molar-refractivity contribution in [2.24, 2.45) is 23.2 Å². The van der Waals surface area contributed by atoms with E-state index in [9.17, 15) is 14.9 Å². The smallest absolute Gasteiger partial charge is 0.306 e. The molecule has 0 aromatic heterocycles. The average Bonchev–Trinajstić information content (AvgIpc) is 2.72. The van der Waals surface area contributed by atoms with E-state index in [1.54, 1.807) is 19.1 Å². The van der Waals surface area contributed by atoms with Crippen LogP contribution < -0.4 is 0 Å². The molecule has 0 unspecified atom stereocenters. The van der Waals surface area contributed by atoms with Gasteiger partial charge in [0.2, 0.25) is 0 Å². The molecule has 2 aliphatic carbocycles. The normalized spacial score (nSPS) is 33.4. The second-order valence-corrected chi connectivity index (χ2v) is 7.51. The zero-order valence-electron chi connectivity index (χ0n) is 15.3. The van der Waals surface area contributed by atoms with Gasteiger partial charge in [0.25, 0.3) is 5.69 Å². The molecule has 6 nitrogen and oxygen atoms in total. The van der Waals surface area contributed by atoms with Crippen LogP contribution in [0.4, 0.5) is 5.69 Å². The number of benzene rings is 1. The van der Waals surface area contributed by atoms with Crippen molar-refractivity contribution in [3.05, 3.63) is 58.7 Å². The summed E-state index contributed by atoms with van der Waals surface area (Å²) in [7, 11) is 0. The van der Waals surface area contributed by atoms with Crippen molar-refractivity contribution in [2.75, 3.05) is 13.2 Å². The summed E-state index contributed by atoms with van der Waals surface area (Å²) in [6.07, 6.45) is 4.94. The van der Waals surface area contributed by atoms with Crippen molar-refractivity contribution in [1.82, 2.24) is 0 Å². The summed E-state index contributed by atoms with van der Waals surface area (Å²) in [5.74, 6) is 0.212. The van der Waals surface area contributed by atoms with Crippen LogP contribution in [0.5, 0.6) is 0 Å². The molecule has 2 bridgehead atoms. The van der Waals surface area contributed by atoms with E-state index in [1.807, 2.05) is 12.1 Å². The molecule has 0 N–H and O–H groups in total. The number of nitrogens with zero attached hydrogens (tertiary/aromatic N) is 1. The minimum absolute atomic E-state index is 0.0315. The Balaban J connectivity index is 1.80. The molecule has 1 aromatic rings. The molecule has 142 valence electrons. The lowest BCUT2D eigenvalue weighted by atomic mass is 9.61. The van der Waals surface area contributed by atoms with Crippen LogP contribution in [-0.4, -0.2) is 30.2 Å². The van der Waals surface area contributed by atoms with Crippen molar-refractivity contribution in [1.29, 1.82) is 0 Å². The highest BCUT2D eigenvalue weighted by Crippen LogP contribution is 2.66. The van der Waals surface area contributed by atoms with Crippen LogP contribution in [0.1, 0.15) is 25.3 Å². The van der Waals surface area contributed by atoms with Crippen molar-refractivity contribution >= 4 is 17.2 Å². The first-order valence-corrected chi connectivity index (χ1v) is 9.38. The number of carbonyl (C=O) groups excluding carboxylic acids is 1. The second-order valence-electron chi connectivity index (χ2n) is 7.51. The highest BCUT2D eigenvalue weighted by Gasteiger charge is 2.65. The van der Waals surface area contributed by atoms with Gasteiger partial charge in [-0.25, -0.2) is 0 Å². The van der Waals surface area contributed by atoms with Crippen LogP contribution >= 0.6 is 0 Å². The Morgan fingerprint density at radius 2 is 2.26 bits per heavy atom. The lowest BCUT2D eigenvalue weighted by Gasteiger charge is -2.41. The molecular formula is C21H23NO5. The van der Waals surface area contributed by atoms with E-state index in [0.29, 0.717) is 24.7 Å². The first kappa shape index (κ1) is 17.9. The van der Waals surface area contributed by atoms with Crippen LogP contribution in [0.15, 0.2) is 43.0 Å². The molecule has 0 radical (unpaired) electrons. The molecule has 1 saturated carbocycles. The lowest BCUT2D eigenvalue weighted by molar-refractivity contribution is -0.385. The van der Waals surface area contributed by atoms with E-state index in [1.165, 1.54) is 6.07 Å². The maximum absolute atomic E-state index is 12.4. The van der Waals surface area contributed by atoms with Gasteiger partial charge in [-0.1, -0.05) is 24.3 Å². The Morgan fingerprint density at radius 1 is 1.48 bits per heavy atom. The Labute approximate surface area is 158 Å². The number of nitro benzene ring substituents is 1. The summed E-state index contributed by atoms with van der Waals surface area (Å²) in [6, 6.07) is 6.79. The maximum atomic E-state index is 12.4. The Morgan fingerprint density at radius 3 is 2.89 bits per heavy atom. The minimum Gasteiger partial charge on any atom is -0.466 e. The second kappa shape index (κ2) is 6.60. The molecule has 1 heterocycles. The maximum Gasteiger partial charge on any atom is 0.306 e. The van der Waals surface area contributed by atoms with Gasteiger partial charge in [0.05, 0.1) is 36.2 Å². The largest absolute Gasteiger partial charge is 0.466 e. The zero-order chi connectivity index (χ0) is 19.2. The van der Waals surface area contributed by atoms with Crippen molar-refractivity contribution in [3.63, 3.8) is 0 Å². The molecule has 1 aromatic carbocycles. The number of nitro groups is 1. The van der Waals surface area contributed by atoms with Gasteiger partial charge < -0.3 is 9.47 Å². The average molecular weight is 369 g/mol. The molecule has 27 heavy (non-hydrogen) atoms. The van der Waals surface area contributed by atoms with E-state index in [4.69, 9.17) is 9.47 Å². The SMILES string of the molecule is C=C[C@]1(CC(=O)OCC)[C@@H]2CC=C(c3ccccc3[N+](=O)[O-])[C@H]1[C@H]1OC[C@H]12. The Bertz CT molecular complexity index is 832. The van der Waals surface area contributed by atoms with Crippen molar-refractivity contribution in [2.45, 2.75) is 25.9 Å². The molecule has 1 saturated heterocycles. The highest BCUT2D eigenvalue weighted by atomic mass is 16.6. The molecule has 2 fully saturated rings. The van der Waals surface area contributed by atoms with Gasteiger partial charge in [-0.15, -0.1) is 6.58 Å². The van der Waals surface area contributed by atoms with Gasteiger partial charge in [-0.2, -0.15) is 0 Å². The summed E-state index contributed by atoms with van der Waals surface area (Å²) >= 11 is 0. The molecule has 5 atom stereocenters. The lowest BCUT2D eigenvalue weighted by Crippen LogP contribution is -2.41. The van der Waals surface area contributed by atoms with Gasteiger partial charge >= 0.3 is 5.97 Å². The van der Waals surface area contributed by atoms with Gasteiger partial charge in [0, 0.05) is 23.3 Å². The Kier molecular flexibility index (Phi) is 4.38. The van der Waals surface area contributed by atoms with Crippen LogP contribution in [0.2, 0.25) is 0 Å². The summed E-state index contributed by atoms with van der Waals surface area (Å²) in [6.45, 7) is 6.86. The van der Waals surface area contributed by atoms with E-state index in [-0.39, 0.29) is 40.9 Å². The molecule has 0 amide bonds.